The van der Waals surface area contributed by atoms with Crippen LogP contribution in [-0.2, 0) is 92.7 Å². The first kappa shape index (κ1) is 95.5. The molecule has 0 saturated carbocycles. The van der Waals surface area contributed by atoms with Crippen LogP contribution in [0.1, 0.15) is 117 Å². The average Bonchev–Trinajstić information content (AvgIpc) is 1.65. The molecule has 0 aromatic carbocycles. The number of aliphatic hydroxyl groups is 5. The average molecular weight is 1630 g/mol. The lowest BCUT2D eigenvalue weighted by molar-refractivity contribution is -0.141. The molecule has 17 atom stereocenters. The van der Waals surface area contributed by atoms with Gasteiger partial charge in [-0.2, -0.15) is 0 Å². The Kier molecular flexibility index (Phi) is 39.9. The molecule has 2 unspecified atom stereocenters. The van der Waals surface area contributed by atoms with E-state index in [0.29, 0.717) is 10.4 Å². The van der Waals surface area contributed by atoms with Crippen molar-refractivity contribution in [1.29, 1.82) is 5.41 Å². The van der Waals surface area contributed by atoms with E-state index < -0.39 is 280 Å². The fourth-order valence-electron chi connectivity index (χ4n) is 10.6. The SMILES string of the molecule is CC[C@H](C)C1NC(=O)[C@H](CO)NC(=O)[C@H](CCCNC(=N)N)NC(=O)[C@H](CC(C)C)NC(=O)[C@H]([C@@H](C)O)NC(=O)[C@H](CO)NC(=O)[C@H](C)NC(=O)C([C@@H](C)O)NC(=O)[C@H](CCC(=O)O)NC(=O)[C@H](CCC(=O)O)NC(=O)[C@@H]2CSC(=N2)c2cc(cs2)C[C@@H](C(N)=O)NC(=O)[C@H](CO)NC(=O)[C@H](CC(=O)O)NC(=O)CNC1=O. The van der Waals surface area contributed by atoms with Crippen molar-refractivity contribution in [2.24, 2.45) is 28.3 Å². The first-order chi connectivity index (χ1) is 52.5. The van der Waals surface area contributed by atoms with Gasteiger partial charge in [-0.15, -0.1) is 23.1 Å². The van der Waals surface area contributed by atoms with E-state index in [1.807, 2.05) is 0 Å². The van der Waals surface area contributed by atoms with Crippen molar-refractivity contribution in [3.63, 3.8) is 0 Å². The third-order valence-corrected chi connectivity index (χ3v) is 19.2. The number of hydrogen-bond donors (Lipinski definition) is 26. The number of primary amides is 1. The van der Waals surface area contributed by atoms with Crippen LogP contribution in [0.4, 0.5) is 0 Å². The molecule has 0 fully saturated rings. The zero-order chi connectivity index (χ0) is 84.5. The molecule has 1 aromatic rings. The predicted molar refractivity (Wildman–Crippen MR) is 392 cm³/mol. The van der Waals surface area contributed by atoms with E-state index in [1.54, 1.807) is 20.8 Å². The normalized spacial score (nSPS) is 26.6. The van der Waals surface area contributed by atoms with E-state index in [1.165, 1.54) is 18.4 Å². The van der Waals surface area contributed by atoms with Crippen LogP contribution in [0, 0.1) is 17.2 Å². The van der Waals surface area contributed by atoms with Crippen molar-refractivity contribution >= 4 is 141 Å². The van der Waals surface area contributed by atoms with Gasteiger partial charge in [-0.1, -0.05) is 34.1 Å². The number of nitrogens with one attached hydrogen (secondary N) is 16. The Morgan fingerprint density at radius 3 is 1.46 bits per heavy atom. The van der Waals surface area contributed by atoms with E-state index in [9.17, 15) is 127 Å². The number of carboxylic acids is 3. The lowest BCUT2D eigenvalue weighted by Crippen LogP contribution is -2.63. The summed E-state index contributed by atoms with van der Waals surface area (Å²) in [5.41, 5.74) is 11.4. The number of aliphatic carboxylic acids is 3. The molecule has 0 radical (unpaired) electrons. The predicted octanol–water partition coefficient (Wildman–Crippen LogP) is -10.6. The van der Waals surface area contributed by atoms with Crippen LogP contribution in [-0.4, -0.2) is 294 Å². The summed E-state index contributed by atoms with van der Waals surface area (Å²) in [4.78, 5) is 247. The molecule has 0 spiro atoms. The monoisotopic (exact) mass is 1630 g/mol. The second-order valence-electron chi connectivity index (χ2n) is 26.7. The molecule has 2 aliphatic rings. The molecule has 0 saturated heterocycles. The van der Waals surface area contributed by atoms with Crippen LogP contribution >= 0.6 is 23.1 Å². The van der Waals surface area contributed by atoms with Gasteiger partial charge in [-0.25, -0.2) is 0 Å². The number of hydrogen-bond acceptors (Lipinski definition) is 27. The topological polar surface area (TPSA) is 738 Å². The Labute approximate surface area is 648 Å². The highest BCUT2D eigenvalue weighted by atomic mass is 32.2. The quantitative estimate of drug-likeness (QED) is 0.0291. The maximum absolute atomic E-state index is 14.3. The zero-order valence-corrected chi connectivity index (χ0v) is 63.8. The molecular weight excluding hydrogens is 1530 g/mol. The Hall–Kier alpha value is -10.7. The van der Waals surface area contributed by atoms with Crippen LogP contribution in [0.15, 0.2) is 16.4 Å². The number of fused-ring (bicyclic) bond motifs is 4. The van der Waals surface area contributed by atoms with Crippen LogP contribution in [0.2, 0.25) is 0 Å². The van der Waals surface area contributed by atoms with E-state index in [0.717, 1.165) is 43.9 Å². The molecule has 15 amide bonds. The maximum atomic E-state index is 14.3. The van der Waals surface area contributed by atoms with Crippen LogP contribution in [0.25, 0.3) is 0 Å². The number of aliphatic imine (C=N–C) groups is 1. The zero-order valence-electron chi connectivity index (χ0n) is 62.2. The fraction of sp³-hybridized carbons (Fsp3) is 0.631. The minimum atomic E-state index is -2.02. The van der Waals surface area contributed by atoms with Gasteiger partial charge in [0.05, 0.1) is 49.9 Å². The van der Waals surface area contributed by atoms with Crippen LogP contribution in [0.5, 0.6) is 0 Å². The molecule has 112 heavy (non-hydrogen) atoms. The smallest absolute Gasteiger partial charge is 0.305 e. The lowest BCUT2D eigenvalue weighted by Gasteiger charge is -2.29. The summed E-state index contributed by atoms with van der Waals surface area (Å²) < 4.78 is 0. The highest BCUT2D eigenvalue weighted by Gasteiger charge is 2.40. The van der Waals surface area contributed by atoms with Crippen molar-refractivity contribution < 1.29 is 127 Å². The summed E-state index contributed by atoms with van der Waals surface area (Å²) in [6.07, 6.45) is -8.48. The van der Waals surface area contributed by atoms with Crippen molar-refractivity contribution in [1.82, 2.24) is 79.8 Å². The van der Waals surface area contributed by atoms with Crippen molar-refractivity contribution in [2.75, 3.05) is 38.7 Å². The Morgan fingerprint density at radius 2 is 0.982 bits per heavy atom. The number of guanidine groups is 1. The maximum Gasteiger partial charge on any atom is 0.305 e. The van der Waals surface area contributed by atoms with E-state index in [-0.39, 0.29) is 49.4 Å². The number of rotatable bonds is 22. The summed E-state index contributed by atoms with van der Waals surface area (Å²) >= 11 is 2.08. The summed E-state index contributed by atoms with van der Waals surface area (Å²) in [5.74, 6) is -24.5. The first-order valence-corrected chi connectivity index (χ1v) is 37.1. The van der Waals surface area contributed by atoms with Gasteiger partial charge in [0.25, 0.3) is 0 Å². The summed E-state index contributed by atoms with van der Waals surface area (Å²) in [5, 5.41) is 125. The third kappa shape index (κ3) is 31.9. The van der Waals surface area contributed by atoms with Crippen LogP contribution < -0.4 is 91.2 Å². The first-order valence-electron chi connectivity index (χ1n) is 35.3. The second kappa shape index (κ2) is 46.8. The van der Waals surface area contributed by atoms with Gasteiger partial charge in [0, 0.05) is 31.6 Å². The Morgan fingerprint density at radius 1 is 0.545 bits per heavy atom. The number of carbonyl (C=O) groups is 18. The molecule has 3 rings (SSSR count). The second-order valence-corrected chi connectivity index (χ2v) is 28.6. The van der Waals surface area contributed by atoms with E-state index in [2.05, 4.69) is 84.7 Å². The molecule has 0 aliphatic carbocycles. The lowest BCUT2D eigenvalue weighted by atomic mass is 9.97. The van der Waals surface area contributed by atoms with Crippen molar-refractivity contribution in [3.8, 4) is 0 Å². The third-order valence-electron chi connectivity index (χ3n) is 17.0. The summed E-state index contributed by atoms with van der Waals surface area (Å²) in [6.45, 7) is 4.78. The van der Waals surface area contributed by atoms with Gasteiger partial charge >= 0.3 is 17.9 Å². The number of carbonyl (C=O) groups excluding carboxylic acids is 15. The highest BCUT2D eigenvalue weighted by molar-refractivity contribution is 8.15. The molecule has 28 N–H and O–H groups in total. The van der Waals surface area contributed by atoms with Gasteiger partial charge in [0.15, 0.2) is 5.96 Å². The number of amides is 15. The van der Waals surface area contributed by atoms with Gasteiger partial charge in [-0.05, 0) is 81.7 Å². The number of carboxylic acid groups (broad SMARTS) is 3. The van der Waals surface area contributed by atoms with E-state index >= 15 is 0 Å². The number of nitrogens with two attached hydrogens (primary N) is 2. The Balaban J connectivity index is 2.13. The molecule has 3 heterocycles. The largest absolute Gasteiger partial charge is 0.481 e. The molecule has 1 aromatic heterocycles. The highest BCUT2D eigenvalue weighted by Crippen LogP contribution is 2.29. The van der Waals surface area contributed by atoms with Crippen molar-refractivity contribution in [2.45, 2.75) is 209 Å². The minimum Gasteiger partial charge on any atom is -0.481 e. The number of nitrogens with zero attached hydrogens (tertiary/aromatic N) is 1. The molecule has 2 aliphatic heterocycles. The molecule has 624 valence electrons. The molecule has 4 bridgehead atoms. The van der Waals surface area contributed by atoms with E-state index in [4.69, 9.17) is 16.9 Å². The minimum absolute atomic E-state index is 0.0372. The van der Waals surface area contributed by atoms with Crippen LogP contribution in [0.3, 0.4) is 0 Å². The van der Waals surface area contributed by atoms with Gasteiger partial charge in [-0.3, -0.25) is 96.7 Å². The standard InChI is InChI=1S/C65H101N19O26S2/c1-8-27(4)47-61(108)70-20-43(90)72-37(19-46(95)96)56(103)80-38(21-85)57(104)76-35(50(66)97)17-31-18-42(111-24-31)64-81-41(25-112-64)60(107)75-33(11-13-44(91)92)53(100)74-34(12-14-45(93)94)54(101)83-48(29(6)88)62(109)71-28(5)51(98)78-39(22-86)59(106)84-49(30(7)89)63(110)77-36(16-26(2)3)55(102)73-32(10-9-15-69-65(67)68)52(99)79-40(23-87)58(105)82-47/h18,24,26-30,32-41,47-49,85-89H,8-17,19-23,25H2,1-7H3,(H2,66,97)(H,70,108)(H,71,109)(H,72,90)(H,73,102)(H,74,100)(H,75,107)(H,76,104)(H,77,110)(H,78,98)(H,79,99)(H,80,103)(H,82,105)(H,83,101)(H,84,106)(H,91,92)(H,93,94)(H,95,96)(H4,67,68,69)/t27-,28-,29+,30+,32-,33-,34-,35-,36-,37-,38-,39-,40-,41-,47?,48?,49-/m0/s1. The van der Waals surface area contributed by atoms with Gasteiger partial charge in [0.1, 0.15) is 89.6 Å². The van der Waals surface area contributed by atoms with Gasteiger partial charge in [0.2, 0.25) is 88.6 Å². The molecular formula is C65H101N19O26S2. The number of thioether (sulfide) groups is 1. The Bertz CT molecular complexity index is 3620. The number of aliphatic hydroxyl groups excluding tert-OH is 5. The number of thiophene rings is 1. The summed E-state index contributed by atoms with van der Waals surface area (Å²) in [6, 6.07) is -23.4. The van der Waals surface area contributed by atoms with Crippen molar-refractivity contribution in [3.05, 3.63) is 21.9 Å². The molecule has 47 heteroatoms. The molecule has 45 nitrogen and oxygen atoms in total. The summed E-state index contributed by atoms with van der Waals surface area (Å²) in [7, 11) is 0. The van der Waals surface area contributed by atoms with Gasteiger partial charge < -0.3 is 132 Å². The fourth-order valence-corrected chi connectivity index (χ4v) is 12.7.